The third-order valence-corrected chi connectivity index (χ3v) is 3.53. The average molecular weight is 227 g/mol. The van der Waals surface area contributed by atoms with Gasteiger partial charge in [0.25, 0.3) is 0 Å². The van der Waals surface area contributed by atoms with Gasteiger partial charge in [-0.25, -0.2) is 0 Å². The first-order valence-electron chi connectivity index (χ1n) is 5.98. The molecule has 16 heavy (non-hydrogen) atoms. The molecule has 1 N–H and O–H groups in total. The highest BCUT2D eigenvalue weighted by Gasteiger charge is 2.29. The lowest BCUT2D eigenvalue weighted by Crippen LogP contribution is -2.49. The van der Waals surface area contributed by atoms with E-state index in [4.69, 9.17) is 0 Å². The van der Waals surface area contributed by atoms with Gasteiger partial charge in [-0.05, 0) is 40.8 Å². The Labute approximate surface area is 99.0 Å². The van der Waals surface area contributed by atoms with Gasteiger partial charge < -0.3 is 15.1 Å². The first-order valence-corrected chi connectivity index (χ1v) is 5.98. The van der Waals surface area contributed by atoms with Crippen LogP contribution in [0.4, 0.5) is 0 Å². The number of amides is 1. The van der Waals surface area contributed by atoms with E-state index in [1.165, 1.54) is 12.8 Å². The van der Waals surface area contributed by atoms with Gasteiger partial charge in [0.15, 0.2) is 0 Å². The van der Waals surface area contributed by atoms with Crippen LogP contribution in [0.15, 0.2) is 0 Å². The van der Waals surface area contributed by atoms with E-state index in [0.717, 1.165) is 6.54 Å². The Balaban J connectivity index is 2.21. The Morgan fingerprint density at radius 1 is 1.31 bits per heavy atom. The van der Waals surface area contributed by atoms with E-state index in [2.05, 4.69) is 38.2 Å². The van der Waals surface area contributed by atoms with Crippen molar-refractivity contribution in [1.29, 1.82) is 0 Å². The molecule has 1 fully saturated rings. The molecule has 0 aromatic rings. The van der Waals surface area contributed by atoms with Gasteiger partial charge in [0.1, 0.15) is 0 Å². The predicted molar refractivity (Wildman–Crippen MR) is 66.4 cm³/mol. The number of likely N-dealkylation sites (N-methyl/N-ethyl adjacent to an activating group) is 2. The van der Waals surface area contributed by atoms with Gasteiger partial charge in [0.05, 0.1) is 6.54 Å². The van der Waals surface area contributed by atoms with Crippen molar-refractivity contribution in [2.45, 2.75) is 38.3 Å². The van der Waals surface area contributed by atoms with Crippen LogP contribution in [0.3, 0.4) is 0 Å². The normalized spacial score (nSPS) is 16.6. The number of nitrogens with one attached hydrogen (secondary N) is 1. The lowest BCUT2D eigenvalue weighted by atomic mass is 10.0. The van der Waals surface area contributed by atoms with Crippen molar-refractivity contribution < 1.29 is 4.79 Å². The lowest BCUT2D eigenvalue weighted by molar-refractivity contribution is -0.129. The average Bonchev–Trinajstić information content (AvgIpc) is 2.99. The predicted octanol–water partition coefficient (Wildman–Crippen LogP) is 0.537. The molecule has 1 aliphatic carbocycles. The van der Waals surface area contributed by atoms with Crippen LogP contribution in [-0.4, -0.2) is 61.5 Å². The van der Waals surface area contributed by atoms with E-state index in [-0.39, 0.29) is 11.4 Å². The minimum atomic E-state index is 0.0818. The van der Waals surface area contributed by atoms with E-state index >= 15 is 0 Å². The topological polar surface area (TPSA) is 35.6 Å². The zero-order valence-electron chi connectivity index (χ0n) is 11.2. The fraction of sp³-hybridized carbons (Fsp3) is 0.917. The third-order valence-electron chi connectivity index (χ3n) is 3.53. The van der Waals surface area contributed by atoms with Crippen molar-refractivity contribution in [1.82, 2.24) is 15.1 Å². The van der Waals surface area contributed by atoms with Crippen molar-refractivity contribution in [3.05, 3.63) is 0 Å². The monoisotopic (exact) mass is 227 g/mol. The SMILES string of the molecule is CN(C(=O)CNCC(C)(C)N(C)C)C1CC1. The van der Waals surface area contributed by atoms with Crippen molar-refractivity contribution in [2.75, 3.05) is 34.2 Å². The minimum absolute atomic E-state index is 0.0818. The maximum absolute atomic E-state index is 11.7. The molecule has 94 valence electrons. The standard InChI is InChI=1S/C12H25N3O/c1-12(2,14(3)4)9-13-8-11(16)15(5)10-6-7-10/h10,13H,6-9H2,1-5H3. The van der Waals surface area contributed by atoms with Crippen molar-refractivity contribution in [3.63, 3.8) is 0 Å². The lowest BCUT2D eigenvalue weighted by Gasteiger charge is -2.33. The van der Waals surface area contributed by atoms with Crippen LogP contribution in [0.5, 0.6) is 0 Å². The van der Waals surface area contributed by atoms with Crippen LogP contribution in [0.1, 0.15) is 26.7 Å². The largest absolute Gasteiger partial charge is 0.342 e. The summed E-state index contributed by atoms with van der Waals surface area (Å²) >= 11 is 0. The molecule has 1 amide bonds. The Morgan fingerprint density at radius 2 is 1.88 bits per heavy atom. The molecule has 1 saturated carbocycles. The Morgan fingerprint density at radius 3 is 2.31 bits per heavy atom. The van der Waals surface area contributed by atoms with Gasteiger partial charge in [-0.1, -0.05) is 0 Å². The number of nitrogens with zero attached hydrogens (tertiary/aromatic N) is 2. The highest BCUT2D eigenvalue weighted by atomic mass is 16.2. The summed E-state index contributed by atoms with van der Waals surface area (Å²) in [5.41, 5.74) is 0.0818. The summed E-state index contributed by atoms with van der Waals surface area (Å²) in [6, 6.07) is 0.510. The summed E-state index contributed by atoms with van der Waals surface area (Å²) < 4.78 is 0. The number of carbonyl (C=O) groups is 1. The Bertz CT molecular complexity index is 247. The van der Waals surface area contributed by atoms with Crippen molar-refractivity contribution >= 4 is 5.91 Å². The summed E-state index contributed by atoms with van der Waals surface area (Å²) in [6.45, 7) is 5.60. The zero-order valence-corrected chi connectivity index (χ0v) is 11.2. The number of hydrogen-bond acceptors (Lipinski definition) is 3. The van der Waals surface area contributed by atoms with E-state index in [0.29, 0.717) is 12.6 Å². The maximum Gasteiger partial charge on any atom is 0.236 e. The number of rotatable bonds is 6. The molecule has 0 bridgehead atoms. The first kappa shape index (κ1) is 13.5. The molecule has 0 spiro atoms. The van der Waals surface area contributed by atoms with Crippen LogP contribution < -0.4 is 5.32 Å². The fourth-order valence-electron chi connectivity index (χ4n) is 1.42. The van der Waals surface area contributed by atoms with Crippen molar-refractivity contribution in [2.24, 2.45) is 0 Å². The van der Waals surface area contributed by atoms with Gasteiger partial charge in [-0.3, -0.25) is 4.79 Å². The molecule has 1 aliphatic rings. The van der Waals surface area contributed by atoms with Gasteiger partial charge in [0, 0.05) is 25.2 Å². The fourth-order valence-corrected chi connectivity index (χ4v) is 1.42. The molecule has 0 unspecified atom stereocenters. The summed E-state index contributed by atoms with van der Waals surface area (Å²) in [4.78, 5) is 15.8. The molecule has 0 aromatic carbocycles. The highest BCUT2D eigenvalue weighted by molar-refractivity contribution is 5.78. The second-order valence-corrected chi connectivity index (χ2v) is 5.55. The van der Waals surface area contributed by atoms with E-state index < -0.39 is 0 Å². The third kappa shape index (κ3) is 3.76. The first-order chi connectivity index (χ1) is 7.34. The molecule has 1 rings (SSSR count). The summed E-state index contributed by atoms with van der Waals surface area (Å²) in [7, 11) is 6.01. The van der Waals surface area contributed by atoms with Gasteiger partial charge >= 0.3 is 0 Å². The van der Waals surface area contributed by atoms with Gasteiger partial charge in [-0.2, -0.15) is 0 Å². The van der Waals surface area contributed by atoms with Gasteiger partial charge in [-0.15, -0.1) is 0 Å². The van der Waals surface area contributed by atoms with Crippen molar-refractivity contribution in [3.8, 4) is 0 Å². The van der Waals surface area contributed by atoms with Gasteiger partial charge in [0.2, 0.25) is 5.91 Å². The number of carbonyl (C=O) groups excluding carboxylic acids is 1. The molecular weight excluding hydrogens is 202 g/mol. The molecule has 0 radical (unpaired) electrons. The highest BCUT2D eigenvalue weighted by Crippen LogP contribution is 2.25. The van der Waals surface area contributed by atoms with E-state index in [1.54, 1.807) is 0 Å². The maximum atomic E-state index is 11.7. The molecule has 4 heteroatoms. The van der Waals surface area contributed by atoms with Crippen LogP contribution in [0.2, 0.25) is 0 Å². The quantitative estimate of drug-likeness (QED) is 0.719. The second kappa shape index (κ2) is 5.15. The second-order valence-electron chi connectivity index (χ2n) is 5.55. The summed E-state index contributed by atoms with van der Waals surface area (Å²) in [6.07, 6.45) is 2.34. The Kier molecular flexibility index (Phi) is 4.33. The molecule has 0 saturated heterocycles. The molecule has 0 aliphatic heterocycles. The smallest absolute Gasteiger partial charge is 0.236 e. The summed E-state index contributed by atoms with van der Waals surface area (Å²) in [5.74, 6) is 0.206. The van der Waals surface area contributed by atoms with E-state index in [1.807, 2.05) is 11.9 Å². The molecular formula is C12H25N3O. The van der Waals surface area contributed by atoms with E-state index in [9.17, 15) is 4.79 Å². The minimum Gasteiger partial charge on any atom is -0.342 e. The molecule has 0 aromatic heterocycles. The number of hydrogen-bond donors (Lipinski definition) is 1. The van der Waals surface area contributed by atoms with Crippen LogP contribution in [0, 0.1) is 0 Å². The molecule has 4 nitrogen and oxygen atoms in total. The molecule has 0 heterocycles. The van der Waals surface area contributed by atoms with Crippen LogP contribution in [-0.2, 0) is 4.79 Å². The Hall–Kier alpha value is -0.610. The van der Waals surface area contributed by atoms with Crippen LogP contribution in [0.25, 0.3) is 0 Å². The zero-order chi connectivity index (χ0) is 12.3. The summed E-state index contributed by atoms with van der Waals surface area (Å²) in [5, 5.41) is 3.24. The van der Waals surface area contributed by atoms with Crippen LogP contribution >= 0.6 is 0 Å². The molecule has 0 atom stereocenters.